The molecule has 0 atom stereocenters. The molecule has 1 heterocycles. The molecular formula is C25H24NO+. The molecule has 0 N–H and O–H groups in total. The first-order chi connectivity index (χ1) is 13.1. The third-order valence-corrected chi connectivity index (χ3v) is 4.91. The molecule has 0 amide bonds. The molecule has 3 aromatic carbocycles. The molecule has 0 aliphatic heterocycles. The zero-order chi connectivity index (χ0) is 18.8. The summed E-state index contributed by atoms with van der Waals surface area (Å²) in [6.45, 7) is 5.07. The number of rotatable bonds is 3. The zero-order valence-corrected chi connectivity index (χ0v) is 16.1. The quantitative estimate of drug-likeness (QED) is 0.455. The lowest BCUT2D eigenvalue weighted by Crippen LogP contribution is -2.26. The van der Waals surface area contributed by atoms with Crippen molar-refractivity contribution in [1.82, 2.24) is 4.58 Å². The number of aryl methyl sites for hydroxylation is 2. The molecule has 0 bridgehead atoms. The van der Waals surface area contributed by atoms with Gasteiger partial charge in [-0.1, -0.05) is 71.8 Å². The molecule has 2 heteroatoms. The fourth-order valence-electron chi connectivity index (χ4n) is 3.40. The van der Waals surface area contributed by atoms with E-state index in [4.69, 9.17) is 4.42 Å². The van der Waals surface area contributed by atoms with Gasteiger partial charge in [0.1, 0.15) is 18.4 Å². The Bertz CT molecular complexity index is 1150. The highest BCUT2D eigenvalue weighted by Crippen LogP contribution is 2.23. The molecule has 4 aromatic rings. The van der Waals surface area contributed by atoms with Crippen LogP contribution in [0.25, 0.3) is 22.3 Å². The maximum Gasteiger partial charge on any atom is 0.214 e. The van der Waals surface area contributed by atoms with Crippen molar-refractivity contribution in [2.45, 2.75) is 20.4 Å². The molecule has 1 aromatic heterocycles. The van der Waals surface area contributed by atoms with Gasteiger partial charge in [0.05, 0.1) is 11.5 Å². The molecular weight excluding hydrogens is 330 g/mol. The van der Waals surface area contributed by atoms with E-state index in [0.29, 0.717) is 0 Å². The summed E-state index contributed by atoms with van der Waals surface area (Å²) < 4.78 is 8.55. The summed E-state index contributed by atoms with van der Waals surface area (Å²) >= 11 is 0. The number of hydrogen-bond acceptors (Lipinski definition) is 1. The van der Waals surface area contributed by atoms with Crippen LogP contribution in [0.15, 0.2) is 83.3 Å². The van der Waals surface area contributed by atoms with Crippen LogP contribution in [0, 0.1) is 13.8 Å². The van der Waals surface area contributed by atoms with Gasteiger partial charge in [-0.25, -0.2) is 4.58 Å². The number of hydrogen-bond donors (Lipinski definition) is 0. The normalized spacial score (nSPS) is 12.3. The summed E-state index contributed by atoms with van der Waals surface area (Å²) in [6, 6.07) is 27.6. The molecule has 0 unspecified atom stereocenters. The fraction of sp³-hybridized carbons (Fsp3) is 0.160. The Hall–Kier alpha value is -3.13. The second-order valence-corrected chi connectivity index (χ2v) is 7.20. The van der Waals surface area contributed by atoms with Crippen molar-refractivity contribution in [2.24, 2.45) is 0 Å². The molecule has 134 valence electrons. The van der Waals surface area contributed by atoms with Crippen LogP contribution in [0.2, 0.25) is 0 Å². The van der Waals surface area contributed by atoms with E-state index >= 15 is 0 Å². The van der Waals surface area contributed by atoms with Crippen LogP contribution in [0.4, 0.5) is 0 Å². The van der Waals surface area contributed by atoms with Gasteiger partial charge in [0.15, 0.2) is 6.54 Å². The predicted octanol–water partition coefficient (Wildman–Crippen LogP) is 5.32. The molecule has 2 nitrogen and oxygen atoms in total. The molecule has 4 rings (SSSR count). The van der Waals surface area contributed by atoms with Crippen molar-refractivity contribution >= 4 is 11.0 Å². The van der Waals surface area contributed by atoms with E-state index < -0.39 is 0 Å². The first-order valence-corrected chi connectivity index (χ1v) is 9.30. The number of benzene rings is 3. The molecule has 0 aliphatic carbocycles. The molecule has 0 fully saturated rings. The summed E-state index contributed by atoms with van der Waals surface area (Å²) in [4.78, 5) is 0. The molecule has 0 saturated heterocycles. The minimum absolute atomic E-state index is 0.848. The van der Waals surface area contributed by atoms with Crippen LogP contribution in [0.5, 0.6) is 0 Å². The zero-order valence-electron chi connectivity index (χ0n) is 16.1. The fourth-order valence-corrected chi connectivity index (χ4v) is 3.40. The summed E-state index contributed by atoms with van der Waals surface area (Å²) in [5.41, 5.74) is 5.77. The summed E-state index contributed by atoms with van der Waals surface area (Å²) in [5, 5.41) is 2.32. The van der Waals surface area contributed by atoms with Crippen molar-refractivity contribution < 1.29 is 4.42 Å². The van der Waals surface area contributed by atoms with Crippen LogP contribution in [0.1, 0.15) is 16.7 Å². The maximum absolute atomic E-state index is 6.26. The second kappa shape index (κ2) is 7.24. The van der Waals surface area contributed by atoms with Crippen molar-refractivity contribution in [3.05, 3.63) is 101 Å². The van der Waals surface area contributed by atoms with Gasteiger partial charge in [-0.05, 0) is 26.0 Å². The van der Waals surface area contributed by atoms with Crippen molar-refractivity contribution in [3.63, 3.8) is 0 Å². The van der Waals surface area contributed by atoms with Gasteiger partial charge in [-0.3, -0.25) is 0 Å². The Labute approximate surface area is 160 Å². The molecule has 0 saturated carbocycles. The lowest BCUT2D eigenvalue weighted by molar-refractivity contribution is 0.608. The van der Waals surface area contributed by atoms with Crippen molar-refractivity contribution in [2.75, 3.05) is 7.05 Å². The van der Waals surface area contributed by atoms with E-state index in [2.05, 4.69) is 104 Å². The molecule has 0 aliphatic rings. The molecule has 0 radical (unpaired) electrons. The lowest BCUT2D eigenvalue weighted by atomic mass is 10.1. The van der Waals surface area contributed by atoms with E-state index in [1.165, 1.54) is 22.0 Å². The third kappa shape index (κ3) is 3.70. The average Bonchev–Trinajstić information content (AvgIpc) is 2.68. The van der Waals surface area contributed by atoms with Crippen LogP contribution in [-0.2, 0) is 6.54 Å². The van der Waals surface area contributed by atoms with Gasteiger partial charge in [0, 0.05) is 11.1 Å². The summed E-state index contributed by atoms with van der Waals surface area (Å²) in [6.07, 6.45) is 0. The standard InChI is InChI=1S/C25H24NO/c1-18-9-12-21(13-10-18)25-16-23(22-15-19(2)11-14-24(22)27-25)26(3)17-20-7-5-4-6-8-20/h4-16H,17H2,1-3H3/q+1. The minimum Gasteiger partial charge on any atom is -0.456 e. The van der Waals surface area contributed by atoms with E-state index in [-0.39, 0.29) is 0 Å². The first-order valence-electron chi connectivity index (χ1n) is 9.30. The van der Waals surface area contributed by atoms with Crippen LogP contribution in [0.3, 0.4) is 0 Å². The third-order valence-electron chi connectivity index (χ3n) is 4.91. The van der Waals surface area contributed by atoms with Crippen LogP contribution < -0.4 is 9.93 Å². The summed E-state index contributed by atoms with van der Waals surface area (Å²) in [5.74, 6) is 0.890. The second-order valence-electron chi connectivity index (χ2n) is 7.20. The average molecular weight is 354 g/mol. The van der Waals surface area contributed by atoms with E-state index in [1.54, 1.807) is 0 Å². The SMILES string of the molecule is Cc1ccc(-c2cc(=[N+](C)Cc3ccccc3)c3cc(C)ccc3o2)cc1. The Kier molecular flexibility index (Phi) is 4.64. The van der Waals surface area contributed by atoms with Gasteiger partial charge < -0.3 is 4.42 Å². The Morgan fingerprint density at radius 1 is 0.778 bits per heavy atom. The highest BCUT2D eigenvalue weighted by molar-refractivity contribution is 5.79. The Morgan fingerprint density at radius 2 is 1.48 bits per heavy atom. The molecule has 0 spiro atoms. The Balaban J connectivity index is 1.95. The Morgan fingerprint density at radius 3 is 2.22 bits per heavy atom. The highest BCUT2D eigenvalue weighted by Gasteiger charge is 2.12. The van der Waals surface area contributed by atoms with E-state index in [1.807, 2.05) is 0 Å². The molecule has 27 heavy (non-hydrogen) atoms. The smallest absolute Gasteiger partial charge is 0.214 e. The van der Waals surface area contributed by atoms with Gasteiger partial charge in [-0.2, -0.15) is 0 Å². The lowest BCUT2D eigenvalue weighted by Gasteiger charge is -2.06. The van der Waals surface area contributed by atoms with Crippen molar-refractivity contribution in [3.8, 4) is 11.3 Å². The largest absolute Gasteiger partial charge is 0.456 e. The predicted molar refractivity (Wildman–Crippen MR) is 112 cm³/mol. The summed E-state index contributed by atoms with van der Waals surface area (Å²) in [7, 11) is 2.14. The van der Waals surface area contributed by atoms with Crippen LogP contribution in [-0.4, -0.2) is 7.05 Å². The van der Waals surface area contributed by atoms with E-state index in [0.717, 1.165) is 28.8 Å². The first kappa shape index (κ1) is 17.3. The van der Waals surface area contributed by atoms with Gasteiger partial charge in [0.2, 0.25) is 5.36 Å². The number of nitrogens with zero attached hydrogens (tertiary/aromatic N) is 1. The number of fused-ring (bicyclic) bond motifs is 1. The highest BCUT2D eigenvalue weighted by atomic mass is 16.3. The van der Waals surface area contributed by atoms with Gasteiger partial charge >= 0.3 is 0 Å². The van der Waals surface area contributed by atoms with E-state index in [9.17, 15) is 0 Å². The van der Waals surface area contributed by atoms with Crippen molar-refractivity contribution in [1.29, 1.82) is 0 Å². The topological polar surface area (TPSA) is 16.1 Å². The maximum atomic E-state index is 6.26. The van der Waals surface area contributed by atoms with Gasteiger partial charge in [-0.15, -0.1) is 0 Å². The van der Waals surface area contributed by atoms with Gasteiger partial charge in [0.25, 0.3) is 0 Å². The van der Waals surface area contributed by atoms with Crippen LogP contribution >= 0.6 is 0 Å². The minimum atomic E-state index is 0.848. The monoisotopic (exact) mass is 354 g/mol.